The van der Waals surface area contributed by atoms with Crippen LogP contribution in [0.25, 0.3) is 0 Å². The van der Waals surface area contributed by atoms with E-state index < -0.39 is 34.8 Å². The lowest BCUT2D eigenvalue weighted by Crippen LogP contribution is -2.50. The van der Waals surface area contributed by atoms with E-state index in [1.807, 2.05) is 19.9 Å². The van der Waals surface area contributed by atoms with Crippen molar-refractivity contribution in [1.29, 1.82) is 5.26 Å². The van der Waals surface area contributed by atoms with E-state index in [0.717, 1.165) is 0 Å². The molecule has 0 saturated carbocycles. The van der Waals surface area contributed by atoms with Gasteiger partial charge in [-0.15, -0.1) is 0 Å². The van der Waals surface area contributed by atoms with Gasteiger partial charge in [0, 0.05) is 5.75 Å². The van der Waals surface area contributed by atoms with Crippen molar-refractivity contribution in [3.05, 3.63) is 29.8 Å². The lowest BCUT2D eigenvalue weighted by molar-refractivity contribution is -0.125. The van der Waals surface area contributed by atoms with Crippen molar-refractivity contribution in [3.63, 3.8) is 0 Å². The maximum Gasteiger partial charge on any atom is 0.339 e. The highest BCUT2D eigenvalue weighted by Crippen LogP contribution is 2.16. The Kier molecular flexibility index (Phi) is 7.11. The van der Waals surface area contributed by atoms with Gasteiger partial charge >= 0.3 is 5.97 Å². The zero-order valence-electron chi connectivity index (χ0n) is 14.3. The van der Waals surface area contributed by atoms with Crippen LogP contribution in [0.2, 0.25) is 0 Å². The van der Waals surface area contributed by atoms with Gasteiger partial charge in [0.2, 0.25) is 0 Å². The number of benzene rings is 1. The van der Waals surface area contributed by atoms with Crippen LogP contribution in [-0.2, 0) is 20.3 Å². The molecule has 0 aliphatic heterocycles. The molecule has 0 aliphatic carbocycles. The van der Waals surface area contributed by atoms with Crippen molar-refractivity contribution in [3.8, 4) is 6.07 Å². The molecule has 1 rings (SSSR count). The lowest BCUT2D eigenvalue weighted by Gasteiger charge is -2.27. The monoisotopic (exact) mass is 350 g/mol. The molecule has 2 atom stereocenters. The molecule has 0 fully saturated rings. The predicted octanol–water partition coefficient (Wildman–Crippen LogP) is 2.03. The summed E-state index contributed by atoms with van der Waals surface area (Å²) in [5.41, 5.74) is -0.858. The van der Waals surface area contributed by atoms with Crippen LogP contribution in [0.3, 0.4) is 0 Å². The average Bonchev–Trinajstić information content (AvgIpc) is 2.58. The van der Waals surface area contributed by atoms with Crippen molar-refractivity contribution < 1.29 is 18.5 Å². The molecule has 1 amide bonds. The fourth-order valence-electron chi connectivity index (χ4n) is 1.83. The van der Waals surface area contributed by atoms with E-state index in [9.17, 15) is 19.1 Å². The minimum absolute atomic E-state index is 0.102. The van der Waals surface area contributed by atoms with E-state index in [1.165, 1.54) is 6.07 Å². The Morgan fingerprint density at radius 1 is 1.38 bits per heavy atom. The summed E-state index contributed by atoms with van der Waals surface area (Å²) in [7, 11) is -1.30. The van der Waals surface area contributed by atoms with Gasteiger partial charge in [-0.3, -0.25) is 9.00 Å². The van der Waals surface area contributed by atoms with Gasteiger partial charge in [-0.25, -0.2) is 4.79 Å². The third-order valence-electron chi connectivity index (χ3n) is 3.73. The third-order valence-corrected chi connectivity index (χ3v) is 5.11. The highest BCUT2D eigenvalue weighted by atomic mass is 32.2. The Morgan fingerprint density at radius 2 is 2.00 bits per heavy atom. The molecular formula is C17H22N2O4S. The number of rotatable bonds is 7. The van der Waals surface area contributed by atoms with E-state index in [2.05, 4.69) is 5.32 Å². The number of nitriles is 1. The van der Waals surface area contributed by atoms with Crippen LogP contribution in [0.5, 0.6) is 0 Å². The smallest absolute Gasteiger partial charge is 0.339 e. The quantitative estimate of drug-likeness (QED) is 0.759. The zero-order chi connectivity index (χ0) is 18.3. The zero-order valence-corrected chi connectivity index (χ0v) is 15.1. The van der Waals surface area contributed by atoms with E-state index in [0.29, 0.717) is 10.6 Å². The minimum atomic E-state index is -1.30. The van der Waals surface area contributed by atoms with Crippen LogP contribution in [0.4, 0.5) is 0 Å². The number of nitrogens with one attached hydrogen (secondary N) is 1. The van der Waals surface area contributed by atoms with Crippen LogP contribution < -0.4 is 5.32 Å². The number of hydrogen-bond donors (Lipinski definition) is 1. The Hall–Kier alpha value is -2.20. The molecule has 24 heavy (non-hydrogen) atoms. The molecule has 0 aromatic heterocycles. The molecule has 1 aromatic rings. The number of nitrogens with zero attached hydrogens (tertiary/aromatic N) is 1. The summed E-state index contributed by atoms with van der Waals surface area (Å²) in [5.74, 6) is -1.00. The average molecular weight is 350 g/mol. The van der Waals surface area contributed by atoms with Crippen LogP contribution in [0, 0.1) is 17.2 Å². The highest BCUT2D eigenvalue weighted by Gasteiger charge is 2.30. The molecule has 0 heterocycles. The summed E-state index contributed by atoms with van der Waals surface area (Å²) in [6.07, 6.45) is 0. The fourth-order valence-corrected chi connectivity index (χ4v) is 2.76. The summed E-state index contributed by atoms with van der Waals surface area (Å²) in [5, 5.41) is 11.7. The standard InChI is InChI=1S/C17H22N2O4S/c1-5-24(22)14-9-7-6-8-13(14)16(21)23-10-15(20)19-17(4,11-18)12(2)3/h6-9,12H,5,10H2,1-4H3,(H,19,20)/t17-,24-/m0/s1. The first-order valence-electron chi connectivity index (χ1n) is 7.62. The molecule has 1 N–H and O–H groups in total. The van der Waals surface area contributed by atoms with Gasteiger partial charge in [0.15, 0.2) is 6.61 Å². The third kappa shape index (κ3) is 4.90. The van der Waals surface area contributed by atoms with Gasteiger partial charge in [-0.2, -0.15) is 5.26 Å². The summed E-state index contributed by atoms with van der Waals surface area (Å²) in [4.78, 5) is 24.5. The van der Waals surface area contributed by atoms with Crippen LogP contribution in [0.15, 0.2) is 29.2 Å². The molecule has 6 nitrogen and oxygen atoms in total. The van der Waals surface area contributed by atoms with E-state index in [4.69, 9.17) is 4.74 Å². The Labute approximate surface area is 144 Å². The molecule has 130 valence electrons. The van der Waals surface area contributed by atoms with Gasteiger partial charge in [-0.1, -0.05) is 32.9 Å². The SMILES string of the molecule is CC[S@](=O)c1ccccc1C(=O)OCC(=O)N[C@@](C)(C#N)C(C)C. The topological polar surface area (TPSA) is 96.3 Å². The maximum atomic E-state index is 12.2. The van der Waals surface area contributed by atoms with Gasteiger partial charge in [0.25, 0.3) is 5.91 Å². The molecular weight excluding hydrogens is 328 g/mol. The second-order valence-corrected chi connectivity index (χ2v) is 7.43. The van der Waals surface area contributed by atoms with Crippen molar-refractivity contribution in [2.75, 3.05) is 12.4 Å². The first kappa shape index (κ1) is 19.8. The second kappa shape index (κ2) is 8.60. The Balaban J connectivity index is 2.76. The van der Waals surface area contributed by atoms with Crippen LogP contribution in [0.1, 0.15) is 38.1 Å². The number of amides is 1. The lowest BCUT2D eigenvalue weighted by atomic mass is 9.90. The van der Waals surface area contributed by atoms with Gasteiger partial charge in [0.1, 0.15) is 5.54 Å². The molecule has 0 unspecified atom stereocenters. The highest BCUT2D eigenvalue weighted by molar-refractivity contribution is 7.85. The molecule has 0 spiro atoms. The largest absolute Gasteiger partial charge is 0.452 e. The van der Waals surface area contributed by atoms with Crippen molar-refractivity contribution in [1.82, 2.24) is 5.32 Å². The molecule has 0 radical (unpaired) electrons. The normalized spacial score (nSPS) is 14.3. The molecule has 0 aliphatic rings. The second-order valence-electron chi connectivity index (χ2n) is 5.72. The summed E-state index contributed by atoms with van der Waals surface area (Å²) in [6.45, 7) is 6.48. The summed E-state index contributed by atoms with van der Waals surface area (Å²) < 4.78 is 17.0. The number of carbonyl (C=O) groups is 2. The number of esters is 1. The number of ether oxygens (including phenoxy) is 1. The molecule has 0 bridgehead atoms. The summed E-state index contributed by atoms with van der Waals surface area (Å²) >= 11 is 0. The van der Waals surface area contributed by atoms with Crippen LogP contribution >= 0.6 is 0 Å². The van der Waals surface area contributed by atoms with Crippen LogP contribution in [-0.4, -0.2) is 34.0 Å². The maximum absolute atomic E-state index is 12.2. The Bertz CT molecular complexity index is 681. The minimum Gasteiger partial charge on any atom is -0.452 e. The van der Waals surface area contributed by atoms with E-state index in [1.54, 1.807) is 32.0 Å². The number of hydrogen-bond acceptors (Lipinski definition) is 5. The van der Waals surface area contributed by atoms with Crippen molar-refractivity contribution >= 4 is 22.7 Å². The van der Waals surface area contributed by atoms with Gasteiger partial charge in [-0.05, 0) is 25.0 Å². The first-order valence-corrected chi connectivity index (χ1v) is 8.93. The van der Waals surface area contributed by atoms with Gasteiger partial charge in [0.05, 0.1) is 27.3 Å². The molecule has 7 heteroatoms. The fraction of sp³-hybridized carbons (Fsp3) is 0.471. The van der Waals surface area contributed by atoms with Gasteiger partial charge < -0.3 is 10.1 Å². The Morgan fingerprint density at radius 3 is 2.54 bits per heavy atom. The first-order chi connectivity index (χ1) is 11.2. The summed E-state index contributed by atoms with van der Waals surface area (Å²) in [6, 6.07) is 8.48. The van der Waals surface area contributed by atoms with Crippen molar-refractivity contribution in [2.45, 2.75) is 38.1 Å². The number of carbonyl (C=O) groups excluding carboxylic acids is 2. The van der Waals surface area contributed by atoms with Crippen molar-refractivity contribution in [2.24, 2.45) is 5.92 Å². The molecule has 1 aromatic carbocycles. The van der Waals surface area contributed by atoms with E-state index >= 15 is 0 Å². The predicted molar refractivity (Wildman–Crippen MR) is 90.7 cm³/mol. The van der Waals surface area contributed by atoms with E-state index in [-0.39, 0.29) is 11.5 Å². The molecule has 0 saturated heterocycles.